The summed E-state index contributed by atoms with van der Waals surface area (Å²) in [5, 5.41) is 0. The van der Waals surface area contributed by atoms with E-state index in [9.17, 15) is 22.0 Å². The van der Waals surface area contributed by atoms with Gasteiger partial charge in [0.05, 0.1) is 11.1 Å². The fraction of sp³-hybridized carbons (Fsp3) is 0.600. The SMILES string of the molecule is CCC1CCC(C2CCC(CCc3ccc(C(F)(F)Oc4ccc(C(F)(F)F)cc4)cc3)CC2)CC1. The summed E-state index contributed by atoms with van der Waals surface area (Å²) in [7, 11) is 0. The van der Waals surface area contributed by atoms with Crippen LogP contribution in [0.5, 0.6) is 5.75 Å². The molecule has 6 heteroatoms. The Bertz CT molecular complexity index is 935. The van der Waals surface area contributed by atoms with Gasteiger partial charge in [0.25, 0.3) is 0 Å². The van der Waals surface area contributed by atoms with Gasteiger partial charge in [-0.2, -0.15) is 22.0 Å². The molecule has 0 spiro atoms. The maximum Gasteiger partial charge on any atom is 0.426 e. The van der Waals surface area contributed by atoms with Crippen molar-refractivity contribution in [2.45, 2.75) is 89.8 Å². The van der Waals surface area contributed by atoms with E-state index in [0.29, 0.717) is 5.92 Å². The highest BCUT2D eigenvalue weighted by Gasteiger charge is 2.35. The number of aryl methyl sites for hydroxylation is 1. The monoisotopic (exact) mass is 508 g/mol. The number of hydrogen-bond donors (Lipinski definition) is 0. The van der Waals surface area contributed by atoms with Crippen molar-refractivity contribution < 1.29 is 26.7 Å². The summed E-state index contributed by atoms with van der Waals surface area (Å²) in [5.74, 6) is 3.15. The second-order valence-electron chi connectivity index (χ2n) is 10.8. The molecule has 0 heterocycles. The fourth-order valence-electron chi connectivity index (χ4n) is 6.17. The van der Waals surface area contributed by atoms with Gasteiger partial charge in [0.15, 0.2) is 0 Å². The minimum Gasteiger partial charge on any atom is -0.429 e. The molecule has 0 amide bonds. The van der Waals surface area contributed by atoms with Crippen LogP contribution in [0.3, 0.4) is 0 Å². The van der Waals surface area contributed by atoms with E-state index < -0.39 is 17.8 Å². The van der Waals surface area contributed by atoms with Crippen LogP contribution in [-0.4, -0.2) is 0 Å². The van der Waals surface area contributed by atoms with Crippen LogP contribution in [0.1, 0.15) is 87.8 Å². The molecule has 2 saturated carbocycles. The zero-order valence-electron chi connectivity index (χ0n) is 21.0. The van der Waals surface area contributed by atoms with E-state index in [1.165, 1.54) is 69.9 Å². The van der Waals surface area contributed by atoms with Crippen molar-refractivity contribution in [2.75, 3.05) is 0 Å². The number of rotatable bonds is 8. The van der Waals surface area contributed by atoms with Gasteiger partial charge in [0, 0.05) is 0 Å². The molecule has 0 radical (unpaired) electrons. The van der Waals surface area contributed by atoms with Gasteiger partial charge in [-0.3, -0.25) is 0 Å². The lowest BCUT2D eigenvalue weighted by Gasteiger charge is -2.37. The van der Waals surface area contributed by atoms with Gasteiger partial charge in [0.2, 0.25) is 0 Å². The van der Waals surface area contributed by atoms with Crippen molar-refractivity contribution in [1.29, 1.82) is 0 Å². The molecule has 2 aliphatic rings. The van der Waals surface area contributed by atoms with E-state index in [1.54, 1.807) is 12.1 Å². The van der Waals surface area contributed by atoms with Crippen LogP contribution in [0.25, 0.3) is 0 Å². The third kappa shape index (κ3) is 7.01. The van der Waals surface area contributed by atoms with Gasteiger partial charge in [0.1, 0.15) is 5.75 Å². The molecular weight excluding hydrogens is 471 g/mol. The summed E-state index contributed by atoms with van der Waals surface area (Å²) >= 11 is 0. The van der Waals surface area contributed by atoms with Crippen LogP contribution in [-0.2, 0) is 18.7 Å². The molecule has 2 aromatic carbocycles. The lowest BCUT2D eigenvalue weighted by Crippen LogP contribution is -2.25. The molecule has 0 aromatic heterocycles. The van der Waals surface area contributed by atoms with Crippen molar-refractivity contribution in [2.24, 2.45) is 23.7 Å². The number of hydrogen-bond acceptors (Lipinski definition) is 1. The maximum atomic E-state index is 14.6. The summed E-state index contributed by atoms with van der Waals surface area (Å²) in [6, 6.07) is 9.41. The molecule has 1 nitrogen and oxygen atoms in total. The van der Waals surface area contributed by atoms with Crippen molar-refractivity contribution in [1.82, 2.24) is 0 Å². The van der Waals surface area contributed by atoms with Gasteiger partial charge in [-0.15, -0.1) is 0 Å². The van der Waals surface area contributed by atoms with E-state index >= 15 is 0 Å². The first-order valence-electron chi connectivity index (χ1n) is 13.5. The van der Waals surface area contributed by atoms with Crippen LogP contribution in [0, 0.1) is 23.7 Å². The Morgan fingerprint density at radius 3 is 1.67 bits per heavy atom. The van der Waals surface area contributed by atoms with Crippen molar-refractivity contribution >= 4 is 0 Å². The molecule has 2 fully saturated rings. The Kier molecular flexibility index (Phi) is 8.62. The number of halogens is 5. The van der Waals surface area contributed by atoms with E-state index in [1.807, 2.05) is 0 Å². The van der Waals surface area contributed by atoms with Gasteiger partial charge >= 0.3 is 12.3 Å². The lowest BCUT2D eigenvalue weighted by molar-refractivity contribution is -0.185. The smallest absolute Gasteiger partial charge is 0.426 e. The Hall–Kier alpha value is -2.11. The lowest BCUT2D eigenvalue weighted by atomic mass is 9.68. The highest BCUT2D eigenvalue weighted by Crippen LogP contribution is 2.43. The third-order valence-electron chi connectivity index (χ3n) is 8.59. The summed E-state index contributed by atoms with van der Waals surface area (Å²) in [6.07, 6.45) is 5.96. The zero-order chi connectivity index (χ0) is 25.8. The average molecular weight is 509 g/mol. The molecule has 0 atom stereocenters. The predicted molar refractivity (Wildman–Crippen MR) is 132 cm³/mol. The Morgan fingerprint density at radius 2 is 1.17 bits per heavy atom. The summed E-state index contributed by atoms with van der Waals surface area (Å²) in [4.78, 5) is 0. The van der Waals surface area contributed by atoms with Crippen molar-refractivity contribution in [3.63, 3.8) is 0 Å². The van der Waals surface area contributed by atoms with Crippen molar-refractivity contribution in [3.05, 3.63) is 65.2 Å². The summed E-state index contributed by atoms with van der Waals surface area (Å²) in [5.41, 5.74) is -0.205. The Balaban J connectivity index is 1.23. The molecular formula is C30H37F5O. The van der Waals surface area contributed by atoms with Gasteiger partial charge in [-0.1, -0.05) is 51.2 Å². The molecule has 198 valence electrons. The second kappa shape index (κ2) is 11.5. The Labute approximate surface area is 211 Å². The highest BCUT2D eigenvalue weighted by atomic mass is 19.4. The molecule has 2 aliphatic carbocycles. The Morgan fingerprint density at radius 1 is 0.667 bits per heavy atom. The quantitative estimate of drug-likeness (QED) is 0.323. The van der Waals surface area contributed by atoms with Crippen LogP contribution >= 0.6 is 0 Å². The summed E-state index contributed by atoms with van der Waals surface area (Å²) in [6.45, 7) is 2.31. The van der Waals surface area contributed by atoms with Gasteiger partial charge in [-0.05, 0) is 104 Å². The van der Waals surface area contributed by atoms with E-state index in [-0.39, 0.29) is 11.3 Å². The molecule has 0 aliphatic heterocycles. The molecule has 36 heavy (non-hydrogen) atoms. The van der Waals surface area contributed by atoms with Crippen LogP contribution in [0.15, 0.2) is 48.5 Å². The van der Waals surface area contributed by atoms with Crippen molar-refractivity contribution in [3.8, 4) is 5.75 Å². The van der Waals surface area contributed by atoms with Crippen LogP contribution in [0.4, 0.5) is 22.0 Å². The first-order chi connectivity index (χ1) is 17.1. The fourth-order valence-corrected chi connectivity index (χ4v) is 6.17. The molecule has 2 aromatic rings. The third-order valence-corrected chi connectivity index (χ3v) is 8.59. The predicted octanol–water partition coefficient (Wildman–Crippen LogP) is 9.79. The number of benzene rings is 2. The summed E-state index contributed by atoms with van der Waals surface area (Å²) < 4.78 is 71.9. The van der Waals surface area contributed by atoms with Crippen LogP contribution < -0.4 is 4.74 Å². The first kappa shape index (κ1) is 26.9. The van der Waals surface area contributed by atoms with E-state index in [2.05, 4.69) is 6.92 Å². The molecule has 0 unspecified atom stereocenters. The molecule has 4 rings (SSSR count). The average Bonchev–Trinajstić information content (AvgIpc) is 2.88. The van der Waals surface area contributed by atoms with Gasteiger partial charge < -0.3 is 4.74 Å². The topological polar surface area (TPSA) is 9.23 Å². The van der Waals surface area contributed by atoms with E-state index in [0.717, 1.165) is 60.4 Å². The number of ether oxygens (including phenoxy) is 1. The largest absolute Gasteiger partial charge is 0.429 e. The molecule has 0 bridgehead atoms. The number of alkyl halides is 5. The first-order valence-corrected chi connectivity index (χ1v) is 13.5. The van der Waals surface area contributed by atoms with Crippen LogP contribution in [0.2, 0.25) is 0 Å². The zero-order valence-corrected chi connectivity index (χ0v) is 21.0. The normalized spacial score (nSPS) is 25.5. The van der Waals surface area contributed by atoms with E-state index in [4.69, 9.17) is 4.74 Å². The standard InChI is InChI=1S/C30H37F5O/c1-2-21-5-11-24(12-6-21)25-13-7-22(8-14-25)3-4-23-9-15-27(16-10-23)30(34,35)36-28-19-17-26(18-20-28)29(31,32)33/h9-10,15-22,24-25H,2-8,11-14H2,1H3. The molecule has 0 saturated heterocycles. The minimum absolute atomic E-state index is 0.314. The second-order valence-corrected chi connectivity index (χ2v) is 10.8. The maximum absolute atomic E-state index is 14.6. The van der Waals surface area contributed by atoms with Gasteiger partial charge in [-0.25, -0.2) is 0 Å². The minimum atomic E-state index is -4.52. The highest BCUT2D eigenvalue weighted by molar-refractivity contribution is 5.31. The molecule has 0 N–H and O–H groups in total.